The second kappa shape index (κ2) is 10.7. The Hall–Kier alpha value is -1.72. The molecular weight excluding hydrogens is 489 g/mol. The Labute approximate surface area is 183 Å². The highest BCUT2D eigenvalue weighted by atomic mass is 127. The number of sulfonamides is 1. The highest BCUT2D eigenvalue weighted by Gasteiger charge is 2.18. The van der Waals surface area contributed by atoms with Gasteiger partial charge in [0.25, 0.3) is 0 Å². The Morgan fingerprint density at radius 1 is 1.21 bits per heavy atom. The van der Waals surface area contributed by atoms with Crippen molar-refractivity contribution in [3.05, 3.63) is 59.9 Å². The van der Waals surface area contributed by atoms with Gasteiger partial charge in [0.15, 0.2) is 5.96 Å². The summed E-state index contributed by atoms with van der Waals surface area (Å²) in [5.74, 6) is 0.813. The maximum Gasteiger partial charge on any atom is 0.242 e. The number of hydrogen-bond acceptors (Lipinski definition) is 4. The Bertz CT molecular complexity index is 890. The normalized spacial score (nSPS) is 14.2. The van der Waals surface area contributed by atoms with Crippen molar-refractivity contribution in [1.29, 1.82) is 0 Å². The van der Waals surface area contributed by atoms with E-state index >= 15 is 0 Å². The molecule has 2 heterocycles. The van der Waals surface area contributed by atoms with Crippen molar-refractivity contribution in [3.63, 3.8) is 0 Å². The zero-order chi connectivity index (χ0) is 19.1. The number of halogens is 1. The maximum absolute atomic E-state index is 12.2. The largest absolute Gasteiger partial charge is 0.357 e. The molecule has 0 aliphatic carbocycles. The lowest BCUT2D eigenvalue weighted by Gasteiger charge is -2.31. The van der Waals surface area contributed by atoms with E-state index in [0.29, 0.717) is 6.54 Å². The summed E-state index contributed by atoms with van der Waals surface area (Å²) < 4.78 is 27.0. The van der Waals surface area contributed by atoms with Crippen LogP contribution in [-0.2, 0) is 23.0 Å². The van der Waals surface area contributed by atoms with Crippen molar-refractivity contribution in [2.75, 3.05) is 26.2 Å². The first-order valence-corrected chi connectivity index (χ1v) is 10.6. The van der Waals surface area contributed by atoms with Gasteiger partial charge in [0.1, 0.15) is 4.90 Å². The molecule has 1 aliphatic rings. The molecule has 1 aromatic carbocycles. The van der Waals surface area contributed by atoms with E-state index in [4.69, 9.17) is 0 Å². The number of benzene rings is 1. The van der Waals surface area contributed by atoms with Crippen LogP contribution in [0.25, 0.3) is 0 Å². The molecule has 0 radical (unpaired) electrons. The summed E-state index contributed by atoms with van der Waals surface area (Å²) >= 11 is 0. The molecule has 0 unspecified atom stereocenters. The van der Waals surface area contributed by atoms with Gasteiger partial charge in [-0.1, -0.05) is 24.3 Å². The van der Waals surface area contributed by atoms with Gasteiger partial charge >= 0.3 is 0 Å². The molecule has 3 rings (SSSR count). The third-order valence-corrected chi connectivity index (χ3v) is 5.82. The van der Waals surface area contributed by atoms with Crippen LogP contribution in [0, 0.1) is 0 Å². The molecule has 0 bridgehead atoms. The minimum absolute atomic E-state index is 0. The fourth-order valence-corrected chi connectivity index (χ4v) is 4.02. The molecule has 152 valence electrons. The average molecular weight is 515 g/mol. The average Bonchev–Trinajstić information content (AvgIpc) is 2.70. The lowest BCUT2D eigenvalue weighted by atomic mass is 10.0. The van der Waals surface area contributed by atoms with E-state index in [2.05, 4.69) is 49.2 Å². The minimum atomic E-state index is -3.55. The second-order valence-corrected chi connectivity index (χ2v) is 8.03. The quantitative estimate of drug-likeness (QED) is 0.266. The number of pyridine rings is 1. The van der Waals surface area contributed by atoms with Gasteiger partial charge in [-0.25, -0.2) is 13.1 Å². The summed E-state index contributed by atoms with van der Waals surface area (Å²) in [6.07, 6.45) is 3.86. The van der Waals surface area contributed by atoms with Crippen molar-refractivity contribution < 1.29 is 8.42 Å². The molecule has 9 heteroatoms. The molecule has 1 aromatic heterocycles. The zero-order valence-electron chi connectivity index (χ0n) is 15.8. The van der Waals surface area contributed by atoms with E-state index in [1.165, 1.54) is 23.4 Å². The van der Waals surface area contributed by atoms with Crippen LogP contribution in [0.2, 0.25) is 0 Å². The van der Waals surface area contributed by atoms with E-state index in [9.17, 15) is 8.42 Å². The lowest BCUT2D eigenvalue weighted by Crippen LogP contribution is -2.44. The Balaban J connectivity index is 0.00000280. The van der Waals surface area contributed by atoms with Crippen LogP contribution >= 0.6 is 24.0 Å². The molecule has 2 N–H and O–H groups in total. The predicted octanol–water partition coefficient (Wildman–Crippen LogP) is 2.00. The fraction of sp³-hybridized carbons (Fsp3) is 0.368. The van der Waals surface area contributed by atoms with Gasteiger partial charge in [-0.15, -0.1) is 24.0 Å². The van der Waals surface area contributed by atoms with Gasteiger partial charge in [-0.05, 0) is 36.6 Å². The van der Waals surface area contributed by atoms with E-state index in [0.717, 1.165) is 32.0 Å². The summed E-state index contributed by atoms with van der Waals surface area (Å²) in [6, 6.07) is 11.6. The van der Waals surface area contributed by atoms with Gasteiger partial charge in [-0.3, -0.25) is 9.98 Å². The van der Waals surface area contributed by atoms with Gasteiger partial charge in [0, 0.05) is 38.6 Å². The molecule has 28 heavy (non-hydrogen) atoms. The van der Waals surface area contributed by atoms with E-state index in [1.807, 2.05) is 6.92 Å². The fourth-order valence-electron chi connectivity index (χ4n) is 3.03. The molecule has 0 spiro atoms. The standard InChI is InChI=1S/C19H25N5O2S.HI/c1-2-21-19(24-13-9-16-6-3-4-7-17(16)15-24)22-11-12-23-27(25,26)18-8-5-10-20-14-18;/h3-8,10,14,23H,2,9,11-13,15H2,1H3,(H,21,22);1H. The van der Waals surface area contributed by atoms with Crippen LogP contribution < -0.4 is 10.0 Å². The topological polar surface area (TPSA) is 86.7 Å². The van der Waals surface area contributed by atoms with Crippen molar-refractivity contribution in [3.8, 4) is 0 Å². The van der Waals surface area contributed by atoms with Crippen LogP contribution in [0.1, 0.15) is 18.1 Å². The maximum atomic E-state index is 12.2. The summed E-state index contributed by atoms with van der Waals surface area (Å²) in [5, 5.41) is 3.30. The monoisotopic (exact) mass is 515 g/mol. The third kappa shape index (κ3) is 5.89. The Morgan fingerprint density at radius 3 is 2.71 bits per heavy atom. The summed E-state index contributed by atoms with van der Waals surface area (Å²) in [7, 11) is -3.55. The molecule has 1 aliphatic heterocycles. The van der Waals surface area contributed by atoms with Gasteiger partial charge < -0.3 is 10.2 Å². The smallest absolute Gasteiger partial charge is 0.242 e. The zero-order valence-corrected chi connectivity index (χ0v) is 19.0. The first kappa shape index (κ1) is 22.6. The molecule has 7 nitrogen and oxygen atoms in total. The molecule has 2 aromatic rings. The number of nitrogens with one attached hydrogen (secondary N) is 2. The SMILES string of the molecule is CCNC(=NCCNS(=O)(=O)c1cccnc1)N1CCc2ccccc2C1.I. The first-order chi connectivity index (χ1) is 13.1. The van der Waals surface area contributed by atoms with Crippen LogP contribution in [-0.4, -0.2) is 50.4 Å². The molecule has 0 fully saturated rings. The van der Waals surface area contributed by atoms with Crippen LogP contribution in [0.4, 0.5) is 0 Å². The highest BCUT2D eigenvalue weighted by Crippen LogP contribution is 2.18. The number of aromatic nitrogens is 1. The summed E-state index contributed by atoms with van der Waals surface area (Å²) in [4.78, 5) is 10.8. The molecule has 0 atom stereocenters. The number of fused-ring (bicyclic) bond motifs is 1. The van der Waals surface area contributed by atoms with Crippen molar-refractivity contribution in [1.82, 2.24) is 19.9 Å². The van der Waals surface area contributed by atoms with Crippen molar-refractivity contribution in [2.45, 2.75) is 24.8 Å². The van der Waals surface area contributed by atoms with Gasteiger partial charge in [0.2, 0.25) is 10.0 Å². The minimum Gasteiger partial charge on any atom is -0.357 e. The number of guanidine groups is 1. The van der Waals surface area contributed by atoms with E-state index < -0.39 is 10.0 Å². The first-order valence-electron chi connectivity index (χ1n) is 9.10. The third-order valence-electron chi connectivity index (χ3n) is 4.38. The summed E-state index contributed by atoms with van der Waals surface area (Å²) in [6.45, 7) is 5.08. The summed E-state index contributed by atoms with van der Waals surface area (Å²) in [5.41, 5.74) is 2.69. The van der Waals surface area contributed by atoms with E-state index in [1.54, 1.807) is 12.3 Å². The number of aliphatic imine (C=N–C) groups is 1. The number of hydrogen-bond donors (Lipinski definition) is 2. The van der Waals surface area contributed by atoms with Crippen LogP contribution in [0.5, 0.6) is 0 Å². The van der Waals surface area contributed by atoms with Gasteiger partial charge in [0.05, 0.1) is 6.54 Å². The van der Waals surface area contributed by atoms with Gasteiger partial charge in [-0.2, -0.15) is 0 Å². The van der Waals surface area contributed by atoms with Crippen molar-refractivity contribution >= 4 is 40.0 Å². The van der Waals surface area contributed by atoms with Crippen molar-refractivity contribution in [2.24, 2.45) is 4.99 Å². The number of rotatable bonds is 6. The molecular formula is C19H26IN5O2S. The van der Waals surface area contributed by atoms with Crippen LogP contribution in [0.15, 0.2) is 58.7 Å². The number of nitrogens with zero attached hydrogens (tertiary/aromatic N) is 3. The van der Waals surface area contributed by atoms with Crippen LogP contribution in [0.3, 0.4) is 0 Å². The second-order valence-electron chi connectivity index (χ2n) is 6.26. The molecule has 0 amide bonds. The molecule has 0 saturated carbocycles. The lowest BCUT2D eigenvalue weighted by molar-refractivity contribution is 0.379. The Morgan fingerprint density at radius 2 is 2.00 bits per heavy atom. The Kier molecular flexibility index (Phi) is 8.64. The molecule has 0 saturated heterocycles. The van der Waals surface area contributed by atoms with E-state index in [-0.39, 0.29) is 35.4 Å². The predicted molar refractivity (Wildman–Crippen MR) is 121 cm³/mol. The highest BCUT2D eigenvalue weighted by molar-refractivity contribution is 14.0.